The van der Waals surface area contributed by atoms with E-state index < -0.39 is 5.97 Å². The van der Waals surface area contributed by atoms with Gasteiger partial charge in [0.1, 0.15) is 11.3 Å². The predicted molar refractivity (Wildman–Crippen MR) is 84.9 cm³/mol. The van der Waals surface area contributed by atoms with Crippen molar-refractivity contribution in [2.24, 2.45) is 0 Å². The highest BCUT2D eigenvalue weighted by atomic mass is 79.9. The molecule has 21 heavy (non-hydrogen) atoms. The van der Waals surface area contributed by atoms with Gasteiger partial charge < -0.3 is 15.2 Å². The number of nitrogens with one attached hydrogen (secondary N) is 1. The average Bonchev–Trinajstić information content (AvgIpc) is 2.87. The number of hydrogen-bond donors (Lipinski definition) is 2. The van der Waals surface area contributed by atoms with Gasteiger partial charge in [0, 0.05) is 6.07 Å². The summed E-state index contributed by atoms with van der Waals surface area (Å²) in [6.07, 6.45) is 0. The van der Waals surface area contributed by atoms with Gasteiger partial charge in [-0.2, -0.15) is 0 Å². The van der Waals surface area contributed by atoms with Crippen LogP contribution >= 0.6 is 38.9 Å². The number of carbonyl (C=O) groups is 2. The van der Waals surface area contributed by atoms with Crippen LogP contribution < -0.4 is 10.1 Å². The molecular formula is C13H9BrClNO4S. The Hall–Kier alpha value is -1.57. The second-order valence-electron chi connectivity index (χ2n) is 3.90. The summed E-state index contributed by atoms with van der Waals surface area (Å²) in [5.41, 5.74) is 0.215. The van der Waals surface area contributed by atoms with E-state index in [0.29, 0.717) is 4.88 Å². The van der Waals surface area contributed by atoms with E-state index >= 15 is 0 Å². The second kappa shape index (κ2) is 6.46. The van der Waals surface area contributed by atoms with E-state index in [0.717, 1.165) is 3.79 Å². The highest BCUT2D eigenvalue weighted by Gasteiger charge is 2.17. The van der Waals surface area contributed by atoms with Crippen molar-refractivity contribution in [3.63, 3.8) is 0 Å². The Morgan fingerprint density at radius 2 is 2.10 bits per heavy atom. The number of rotatable bonds is 4. The molecule has 8 heteroatoms. The fraction of sp³-hybridized carbons (Fsp3) is 0.0769. The maximum atomic E-state index is 12.1. The predicted octanol–water partition coefficient (Wildman–Crippen LogP) is 4.12. The molecule has 110 valence electrons. The lowest BCUT2D eigenvalue weighted by atomic mass is 10.1. The van der Waals surface area contributed by atoms with Gasteiger partial charge >= 0.3 is 5.97 Å². The van der Waals surface area contributed by atoms with Crippen LogP contribution in [-0.4, -0.2) is 24.1 Å². The van der Waals surface area contributed by atoms with Crippen molar-refractivity contribution >= 4 is 56.4 Å². The van der Waals surface area contributed by atoms with Crippen LogP contribution in [0, 0.1) is 0 Å². The molecule has 0 aliphatic heterocycles. The Kier molecular flexibility index (Phi) is 4.87. The molecule has 1 heterocycles. The fourth-order valence-electron chi connectivity index (χ4n) is 1.61. The molecule has 1 amide bonds. The number of halogens is 2. The van der Waals surface area contributed by atoms with Crippen molar-refractivity contribution in [2.75, 3.05) is 12.4 Å². The number of benzene rings is 1. The Morgan fingerprint density at radius 1 is 1.38 bits per heavy atom. The van der Waals surface area contributed by atoms with Crippen molar-refractivity contribution in [2.45, 2.75) is 0 Å². The highest BCUT2D eigenvalue weighted by molar-refractivity contribution is 9.11. The molecule has 2 rings (SSSR count). The molecule has 0 bridgehead atoms. The molecule has 0 radical (unpaired) electrons. The first kappa shape index (κ1) is 15.8. The molecular weight excluding hydrogens is 382 g/mol. The number of carboxylic acids is 1. The zero-order valence-electron chi connectivity index (χ0n) is 10.6. The number of methoxy groups -OCH3 is 1. The smallest absolute Gasteiger partial charge is 0.339 e. The molecule has 0 unspecified atom stereocenters. The summed E-state index contributed by atoms with van der Waals surface area (Å²) in [7, 11) is 1.34. The Labute approximate surface area is 137 Å². The first-order valence-electron chi connectivity index (χ1n) is 5.60. The summed E-state index contributed by atoms with van der Waals surface area (Å²) in [4.78, 5) is 23.6. The molecule has 0 fully saturated rings. The molecule has 0 aliphatic carbocycles. The normalized spacial score (nSPS) is 10.2. The molecule has 0 aliphatic rings. The van der Waals surface area contributed by atoms with Gasteiger partial charge in [-0.1, -0.05) is 11.6 Å². The minimum absolute atomic E-state index is 0.0700. The van der Waals surface area contributed by atoms with E-state index in [1.54, 1.807) is 12.1 Å². The number of amides is 1. The minimum atomic E-state index is -1.16. The van der Waals surface area contributed by atoms with E-state index in [1.807, 2.05) is 0 Å². The van der Waals surface area contributed by atoms with Crippen LogP contribution in [0.4, 0.5) is 5.69 Å². The molecule has 5 nitrogen and oxygen atoms in total. The van der Waals surface area contributed by atoms with Crippen molar-refractivity contribution in [1.82, 2.24) is 0 Å². The van der Waals surface area contributed by atoms with Crippen molar-refractivity contribution in [3.05, 3.63) is 43.5 Å². The summed E-state index contributed by atoms with van der Waals surface area (Å²) >= 11 is 10.6. The third-order valence-electron chi connectivity index (χ3n) is 2.56. The number of carbonyl (C=O) groups excluding carboxylic acids is 1. The lowest BCUT2D eigenvalue weighted by Crippen LogP contribution is -2.11. The zero-order valence-corrected chi connectivity index (χ0v) is 13.8. The van der Waals surface area contributed by atoms with Crippen LogP contribution in [-0.2, 0) is 0 Å². The fourth-order valence-corrected chi connectivity index (χ4v) is 3.10. The third-order valence-corrected chi connectivity index (χ3v) is 4.50. The topological polar surface area (TPSA) is 75.6 Å². The maximum Gasteiger partial charge on any atom is 0.339 e. The number of anilines is 1. The first-order chi connectivity index (χ1) is 9.92. The number of aromatic carboxylic acids is 1. The van der Waals surface area contributed by atoms with Gasteiger partial charge in [-0.05, 0) is 34.1 Å². The summed E-state index contributed by atoms with van der Waals surface area (Å²) in [6, 6.07) is 6.05. The average molecular weight is 391 g/mol. The van der Waals surface area contributed by atoms with E-state index in [9.17, 15) is 9.59 Å². The summed E-state index contributed by atoms with van der Waals surface area (Å²) in [5.74, 6) is -1.37. The lowest BCUT2D eigenvalue weighted by Gasteiger charge is -2.11. The Morgan fingerprint density at radius 3 is 2.62 bits per heavy atom. The monoisotopic (exact) mass is 389 g/mol. The molecule has 1 aromatic heterocycles. The van der Waals surface area contributed by atoms with Gasteiger partial charge in [-0.25, -0.2) is 4.79 Å². The van der Waals surface area contributed by atoms with Crippen molar-refractivity contribution in [3.8, 4) is 5.75 Å². The first-order valence-corrected chi connectivity index (χ1v) is 7.58. The largest absolute Gasteiger partial charge is 0.496 e. The molecule has 0 saturated carbocycles. The standard InChI is InChI=1S/C13H9BrClNO4S/c1-20-9-5-8(7(15)4-6(9)13(18)19)16-12(17)10-2-3-11(14)21-10/h2-5H,1H3,(H,16,17)(H,18,19). The molecule has 0 saturated heterocycles. The Bertz CT molecular complexity index is 716. The van der Waals surface area contributed by atoms with Gasteiger partial charge in [-0.15, -0.1) is 11.3 Å². The van der Waals surface area contributed by atoms with Crippen LogP contribution in [0.25, 0.3) is 0 Å². The third kappa shape index (κ3) is 3.55. The van der Waals surface area contributed by atoms with Crippen molar-refractivity contribution < 1.29 is 19.4 Å². The molecule has 2 N–H and O–H groups in total. The number of hydrogen-bond acceptors (Lipinski definition) is 4. The van der Waals surface area contributed by atoms with Gasteiger partial charge in [-0.3, -0.25) is 4.79 Å². The lowest BCUT2D eigenvalue weighted by molar-refractivity contribution is 0.0693. The van der Waals surface area contributed by atoms with E-state index in [-0.39, 0.29) is 27.9 Å². The van der Waals surface area contributed by atoms with Crippen LogP contribution in [0.3, 0.4) is 0 Å². The summed E-state index contributed by atoms with van der Waals surface area (Å²) in [6.45, 7) is 0. The maximum absolute atomic E-state index is 12.1. The van der Waals surface area contributed by atoms with Crippen LogP contribution in [0.5, 0.6) is 5.75 Å². The van der Waals surface area contributed by atoms with Crippen LogP contribution in [0.2, 0.25) is 5.02 Å². The summed E-state index contributed by atoms with van der Waals surface area (Å²) < 4.78 is 5.83. The zero-order chi connectivity index (χ0) is 15.6. The van der Waals surface area contributed by atoms with Gasteiger partial charge in [0.05, 0.1) is 26.5 Å². The van der Waals surface area contributed by atoms with Gasteiger partial charge in [0.15, 0.2) is 0 Å². The highest BCUT2D eigenvalue weighted by Crippen LogP contribution is 2.32. The molecule has 1 aromatic carbocycles. The Balaban J connectivity index is 2.32. The summed E-state index contributed by atoms with van der Waals surface area (Å²) in [5, 5.41) is 11.8. The molecule has 0 atom stereocenters. The van der Waals surface area contributed by atoms with Gasteiger partial charge in [0.25, 0.3) is 5.91 Å². The van der Waals surface area contributed by atoms with E-state index in [2.05, 4.69) is 21.2 Å². The van der Waals surface area contributed by atoms with Gasteiger partial charge in [0.2, 0.25) is 0 Å². The van der Waals surface area contributed by atoms with E-state index in [4.69, 9.17) is 21.4 Å². The SMILES string of the molecule is COc1cc(NC(=O)c2ccc(Br)s2)c(Cl)cc1C(=O)O. The van der Waals surface area contributed by atoms with Crippen LogP contribution in [0.15, 0.2) is 28.1 Å². The number of ether oxygens (including phenoxy) is 1. The van der Waals surface area contributed by atoms with Crippen molar-refractivity contribution in [1.29, 1.82) is 0 Å². The molecule has 2 aromatic rings. The minimum Gasteiger partial charge on any atom is -0.496 e. The quantitative estimate of drug-likeness (QED) is 0.823. The van der Waals surface area contributed by atoms with E-state index in [1.165, 1.54) is 30.6 Å². The second-order valence-corrected chi connectivity index (χ2v) is 6.77. The van der Waals surface area contributed by atoms with Crippen LogP contribution in [0.1, 0.15) is 20.0 Å². The number of carboxylic acid groups (broad SMARTS) is 1. The number of thiophene rings is 1. The molecule has 0 spiro atoms.